The van der Waals surface area contributed by atoms with Gasteiger partial charge in [-0.3, -0.25) is 0 Å². The molecule has 0 spiro atoms. The van der Waals surface area contributed by atoms with Crippen molar-refractivity contribution in [3.05, 3.63) is 0 Å². The highest BCUT2D eigenvalue weighted by Gasteiger charge is 2.14. The molecule has 0 heterocycles. The molecule has 0 aliphatic rings. The molecule has 0 fully saturated rings. The summed E-state index contributed by atoms with van der Waals surface area (Å²) in [7, 11) is 0. The fraction of sp³-hybridized carbons (Fsp3) is 1.00. The first kappa shape index (κ1) is 9.92. The second-order valence-corrected chi connectivity index (χ2v) is 3.34. The Hall–Kier alpha value is -0.0800. The van der Waals surface area contributed by atoms with E-state index < -0.39 is 0 Å². The Morgan fingerprint density at radius 3 is 2.00 bits per heavy atom. The molecular weight excluding hydrogens is 124 g/mol. The summed E-state index contributed by atoms with van der Waals surface area (Å²) in [6.45, 7) is 7.28. The van der Waals surface area contributed by atoms with Crippen molar-refractivity contribution in [1.29, 1.82) is 0 Å². The normalized spacial score (nSPS) is 17.4. The standard InChI is InChI=1S/C8H20N2/c1-6(2)7(3)8(10)4-5-9/h6-8H,4-5,9-10H2,1-3H3. The van der Waals surface area contributed by atoms with Gasteiger partial charge in [-0.2, -0.15) is 0 Å². The maximum absolute atomic E-state index is 5.85. The van der Waals surface area contributed by atoms with Gasteiger partial charge in [0.25, 0.3) is 0 Å². The third-order valence-electron chi connectivity index (χ3n) is 2.23. The van der Waals surface area contributed by atoms with Crippen molar-refractivity contribution in [3.63, 3.8) is 0 Å². The highest BCUT2D eigenvalue weighted by Crippen LogP contribution is 2.14. The van der Waals surface area contributed by atoms with E-state index in [-0.39, 0.29) is 6.04 Å². The maximum atomic E-state index is 5.85. The van der Waals surface area contributed by atoms with Gasteiger partial charge < -0.3 is 11.5 Å². The molecule has 0 aromatic heterocycles. The third kappa shape index (κ3) is 3.18. The van der Waals surface area contributed by atoms with Crippen LogP contribution >= 0.6 is 0 Å². The summed E-state index contributed by atoms with van der Waals surface area (Å²) >= 11 is 0. The van der Waals surface area contributed by atoms with Crippen LogP contribution < -0.4 is 11.5 Å². The molecule has 0 aromatic carbocycles. The Balaban J connectivity index is 3.58. The number of rotatable bonds is 4. The van der Waals surface area contributed by atoms with Gasteiger partial charge >= 0.3 is 0 Å². The largest absolute Gasteiger partial charge is 0.330 e. The molecule has 0 aliphatic heterocycles. The second kappa shape index (κ2) is 4.69. The summed E-state index contributed by atoms with van der Waals surface area (Å²) in [5.41, 5.74) is 11.2. The minimum atomic E-state index is 0.282. The van der Waals surface area contributed by atoms with Crippen molar-refractivity contribution in [1.82, 2.24) is 0 Å². The van der Waals surface area contributed by atoms with E-state index >= 15 is 0 Å². The lowest BCUT2D eigenvalue weighted by Crippen LogP contribution is -2.33. The summed E-state index contributed by atoms with van der Waals surface area (Å²) in [5, 5.41) is 0. The van der Waals surface area contributed by atoms with Gasteiger partial charge in [0, 0.05) is 6.04 Å². The van der Waals surface area contributed by atoms with Crippen molar-refractivity contribution >= 4 is 0 Å². The van der Waals surface area contributed by atoms with Gasteiger partial charge in [0.15, 0.2) is 0 Å². The maximum Gasteiger partial charge on any atom is 0.00789 e. The van der Waals surface area contributed by atoms with Gasteiger partial charge in [0.05, 0.1) is 0 Å². The molecule has 2 heteroatoms. The molecule has 2 nitrogen and oxygen atoms in total. The van der Waals surface area contributed by atoms with Crippen LogP contribution in [-0.4, -0.2) is 12.6 Å². The molecule has 0 amide bonds. The highest BCUT2D eigenvalue weighted by atomic mass is 14.7. The Morgan fingerprint density at radius 1 is 1.20 bits per heavy atom. The quantitative estimate of drug-likeness (QED) is 0.617. The monoisotopic (exact) mass is 144 g/mol. The Labute approximate surface area is 64.0 Å². The molecule has 0 aliphatic carbocycles. The average Bonchev–Trinajstić information content (AvgIpc) is 1.87. The first-order chi connectivity index (χ1) is 4.59. The summed E-state index contributed by atoms with van der Waals surface area (Å²) in [6.07, 6.45) is 0.944. The van der Waals surface area contributed by atoms with E-state index in [9.17, 15) is 0 Å². The third-order valence-corrected chi connectivity index (χ3v) is 2.23. The molecule has 0 aromatic rings. The van der Waals surface area contributed by atoms with E-state index in [1.54, 1.807) is 0 Å². The zero-order valence-electron chi connectivity index (χ0n) is 7.30. The van der Waals surface area contributed by atoms with Crippen LogP contribution in [0.25, 0.3) is 0 Å². The minimum absolute atomic E-state index is 0.282. The lowest BCUT2D eigenvalue weighted by atomic mass is 9.89. The Bertz CT molecular complexity index is 81.3. The zero-order chi connectivity index (χ0) is 8.15. The smallest absolute Gasteiger partial charge is 0.00789 e. The SMILES string of the molecule is CC(C)C(C)C(N)CCN. The summed E-state index contributed by atoms with van der Waals surface area (Å²) in [6, 6.07) is 0.282. The number of hydrogen-bond donors (Lipinski definition) is 2. The van der Waals surface area contributed by atoms with Crippen molar-refractivity contribution in [2.75, 3.05) is 6.54 Å². The van der Waals surface area contributed by atoms with Gasteiger partial charge in [0.1, 0.15) is 0 Å². The van der Waals surface area contributed by atoms with Gasteiger partial charge in [-0.25, -0.2) is 0 Å². The van der Waals surface area contributed by atoms with E-state index in [1.165, 1.54) is 0 Å². The van der Waals surface area contributed by atoms with Crippen LogP contribution in [0.2, 0.25) is 0 Å². The van der Waals surface area contributed by atoms with Crippen LogP contribution in [0, 0.1) is 11.8 Å². The Morgan fingerprint density at radius 2 is 1.70 bits per heavy atom. The van der Waals surface area contributed by atoms with E-state index in [1.807, 2.05) is 0 Å². The van der Waals surface area contributed by atoms with Crippen molar-refractivity contribution in [2.24, 2.45) is 23.3 Å². The van der Waals surface area contributed by atoms with Gasteiger partial charge in [-0.05, 0) is 24.8 Å². The highest BCUT2D eigenvalue weighted by molar-refractivity contribution is 4.71. The van der Waals surface area contributed by atoms with Gasteiger partial charge in [-0.1, -0.05) is 20.8 Å². The predicted octanol–water partition coefficient (Wildman–Crippen LogP) is 0.955. The summed E-state index contributed by atoms with van der Waals surface area (Å²) in [4.78, 5) is 0. The fourth-order valence-electron chi connectivity index (χ4n) is 0.950. The number of hydrogen-bond acceptors (Lipinski definition) is 2. The molecule has 62 valence electrons. The molecule has 10 heavy (non-hydrogen) atoms. The lowest BCUT2D eigenvalue weighted by molar-refractivity contribution is 0.335. The predicted molar refractivity (Wildman–Crippen MR) is 45.6 cm³/mol. The van der Waals surface area contributed by atoms with Crippen molar-refractivity contribution in [3.8, 4) is 0 Å². The molecule has 4 N–H and O–H groups in total. The van der Waals surface area contributed by atoms with Crippen LogP contribution in [0.3, 0.4) is 0 Å². The topological polar surface area (TPSA) is 52.0 Å². The fourth-order valence-corrected chi connectivity index (χ4v) is 0.950. The van der Waals surface area contributed by atoms with E-state index in [0.717, 1.165) is 6.42 Å². The second-order valence-electron chi connectivity index (χ2n) is 3.34. The van der Waals surface area contributed by atoms with E-state index in [0.29, 0.717) is 18.4 Å². The van der Waals surface area contributed by atoms with Crippen LogP contribution in [0.5, 0.6) is 0 Å². The lowest BCUT2D eigenvalue weighted by Gasteiger charge is -2.22. The summed E-state index contributed by atoms with van der Waals surface area (Å²) in [5.74, 6) is 1.25. The zero-order valence-corrected chi connectivity index (χ0v) is 7.30. The molecule has 0 saturated carbocycles. The van der Waals surface area contributed by atoms with Gasteiger partial charge in [0.2, 0.25) is 0 Å². The molecule has 0 radical (unpaired) electrons. The average molecular weight is 144 g/mol. The van der Waals surface area contributed by atoms with Crippen molar-refractivity contribution < 1.29 is 0 Å². The molecule has 0 bridgehead atoms. The first-order valence-corrected chi connectivity index (χ1v) is 4.05. The first-order valence-electron chi connectivity index (χ1n) is 4.05. The van der Waals surface area contributed by atoms with Crippen LogP contribution in [0.15, 0.2) is 0 Å². The van der Waals surface area contributed by atoms with Crippen LogP contribution in [0.1, 0.15) is 27.2 Å². The minimum Gasteiger partial charge on any atom is -0.330 e. The van der Waals surface area contributed by atoms with Crippen LogP contribution in [-0.2, 0) is 0 Å². The molecule has 0 saturated heterocycles. The summed E-state index contributed by atoms with van der Waals surface area (Å²) < 4.78 is 0. The molecule has 0 rings (SSSR count). The number of nitrogens with two attached hydrogens (primary N) is 2. The van der Waals surface area contributed by atoms with Crippen LogP contribution in [0.4, 0.5) is 0 Å². The molecule has 2 atom stereocenters. The molecular formula is C8H20N2. The van der Waals surface area contributed by atoms with E-state index in [2.05, 4.69) is 20.8 Å². The Kier molecular flexibility index (Phi) is 4.65. The van der Waals surface area contributed by atoms with E-state index in [4.69, 9.17) is 11.5 Å². The van der Waals surface area contributed by atoms with Gasteiger partial charge in [-0.15, -0.1) is 0 Å². The molecule has 2 unspecified atom stereocenters. The van der Waals surface area contributed by atoms with Crippen molar-refractivity contribution in [2.45, 2.75) is 33.2 Å².